The van der Waals surface area contributed by atoms with E-state index in [1.165, 1.54) is 0 Å². The van der Waals surface area contributed by atoms with Crippen LogP contribution in [0.1, 0.15) is 0 Å². The smallest absolute Gasteiger partial charge is 0.369 e. The number of carboxylic acid groups (broad SMARTS) is 2. The second-order valence-corrected chi connectivity index (χ2v) is 20.2. The summed E-state index contributed by atoms with van der Waals surface area (Å²) >= 11 is -3.06. The van der Waals surface area contributed by atoms with E-state index in [1.54, 1.807) is 0 Å². The van der Waals surface area contributed by atoms with Gasteiger partial charge < -0.3 is 27.3 Å². The predicted molar refractivity (Wildman–Crippen MR) is 40.8 cm³/mol. The van der Waals surface area contributed by atoms with Crippen LogP contribution >= 0.6 is 37.7 Å². The molecule has 0 radical (unpaired) electrons. The van der Waals surface area contributed by atoms with Crippen LogP contribution in [0.4, 0.5) is 4.79 Å². The van der Waals surface area contributed by atoms with Crippen molar-refractivity contribution in [1.29, 1.82) is 0 Å². The average molecular weight is 433 g/mol. The third-order valence-electron chi connectivity index (χ3n) is 0. The fraction of sp³-hybridized carbons (Fsp3) is 0. The zero-order valence-electron chi connectivity index (χ0n) is 5.55. The molecule has 0 spiro atoms. The van der Waals surface area contributed by atoms with Crippen molar-refractivity contribution in [2.75, 3.05) is 0 Å². The summed E-state index contributed by atoms with van der Waals surface area (Å²) in [4.78, 5) is 8.33. The van der Waals surface area contributed by atoms with Gasteiger partial charge in [0, 0.05) is 0 Å². The third kappa shape index (κ3) is 836. The number of carbonyl (C=O) groups is 1. The van der Waals surface area contributed by atoms with Gasteiger partial charge in [-0.3, -0.25) is 0 Å². The number of carbonyl (C=O) groups excluding carboxylic acids is 1. The molecule has 0 atom stereocenters. The fourth-order valence-electron chi connectivity index (χ4n) is 0. The Morgan fingerprint density at radius 3 is 1.00 bits per heavy atom. The molecule has 0 aliphatic heterocycles. The summed E-state index contributed by atoms with van der Waals surface area (Å²) in [5, 5.41) is 16.7. The van der Waals surface area contributed by atoms with E-state index in [0.29, 0.717) is 0 Å². The van der Waals surface area contributed by atoms with Crippen LogP contribution in [0.25, 0.3) is 0 Å². The zero-order valence-corrected chi connectivity index (χ0v) is 10.8. The van der Waals surface area contributed by atoms with Gasteiger partial charge in [0.15, 0.2) is 0 Å². The minimum atomic E-state index is -3.06. The van der Waals surface area contributed by atoms with Crippen molar-refractivity contribution < 1.29 is 26.9 Å². The molecule has 0 saturated carbocycles. The van der Waals surface area contributed by atoms with Gasteiger partial charge in [0.05, 0.1) is 0 Å². The first-order chi connectivity index (χ1) is 3.73. The van der Waals surface area contributed by atoms with Gasteiger partial charge in [0.2, 0.25) is 0 Å². The largest absolute Gasteiger partial charge is 0.369 e. The number of rotatable bonds is 0. The molecule has 78 valence electrons. The van der Waals surface area contributed by atoms with Gasteiger partial charge in [-0.25, -0.2) is 0 Å². The Morgan fingerprint density at radius 2 is 1.00 bits per heavy atom. The molecule has 0 saturated heterocycles. The molecule has 0 fully saturated rings. The van der Waals surface area contributed by atoms with Gasteiger partial charge in [-0.2, -0.15) is 0 Å². The normalized spacial score (nSPS) is 9.09. The molecule has 0 amide bonds. The molecular weight excluding hydrogens is 425 g/mol. The number of quaternary nitrogens is 2. The van der Waals surface area contributed by atoms with Gasteiger partial charge in [-0.15, -0.1) is 0 Å². The van der Waals surface area contributed by atoms with Crippen molar-refractivity contribution in [2.24, 2.45) is 0 Å². The van der Waals surface area contributed by atoms with Crippen LogP contribution < -0.4 is 22.5 Å². The van der Waals surface area contributed by atoms with Crippen molar-refractivity contribution in [3.63, 3.8) is 0 Å². The van der Waals surface area contributed by atoms with Crippen LogP contribution in [0.3, 0.4) is 0 Å². The first-order valence-corrected chi connectivity index (χ1v) is 12.4. The summed E-state index contributed by atoms with van der Waals surface area (Å²) < 4.78 is 0. The average Bonchev–Trinajstić information content (AvgIpc) is 1.19. The van der Waals surface area contributed by atoms with E-state index in [2.05, 4.69) is 0 Å². The third-order valence-corrected chi connectivity index (χ3v) is 0. The topological polar surface area (TPSA) is 136 Å². The fourth-order valence-corrected chi connectivity index (χ4v) is 0. The molecule has 0 unspecified atom stereocenters. The SMILES string of the molecule is O=C([O-])[O-].[Cl][Pt]([Cl])([Cl])[Cl].[NH4+].[NH4+]. The molecule has 0 aromatic carbocycles. The van der Waals surface area contributed by atoms with E-state index in [9.17, 15) is 0 Å². The number of halogens is 4. The molecule has 10 heteroatoms. The van der Waals surface area contributed by atoms with E-state index < -0.39 is 18.1 Å². The van der Waals surface area contributed by atoms with E-state index in [-0.39, 0.29) is 12.3 Å². The Balaban J connectivity index is -0.0000000383. The van der Waals surface area contributed by atoms with Crippen LogP contribution in [0.2, 0.25) is 0 Å². The minimum absolute atomic E-state index is 0. The Morgan fingerprint density at radius 1 is 1.00 bits per heavy atom. The van der Waals surface area contributed by atoms with Crippen LogP contribution in [0.5, 0.6) is 0 Å². The summed E-state index contributed by atoms with van der Waals surface area (Å²) in [5.41, 5.74) is 0. The van der Waals surface area contributed by atoms with Crippen molar-refractivity contribution >= 4 is 43.8 Å². The van der Waals surface area contributed by atoms with Gasteiger partial charge >= 0.3 is 49.6 Å². The number of hydrogen-bond donors (Lipinski definition) is 2. The Bertz CT molecular complexity index is 85.8. The van der Waals surface area contributed by atoms with Gasteiger partial charge in [0.1, 0.15) is 0 Å². The molecule has 0 aromatic heterocycles. The maximum atomic E-state index is 8.33. The molecular formula is CH8Cl4N2O3Pt. The summed E-state index contributed by atoms with van der Waals surface area (Å²) in [6, 6.07) is 0. The molecule has 0 rings (SSSR count). The minimum Gasteiger partial charge on any atom is -0.369 e. The summed E-state index contributed by atoms with van der Waals surface area (Å²) in [6.07, 6.45) is -2.33. The molecule has 0 aliphatic rings. The first kappa shape index (κ1) is 22.7. The summed E-state index contributed by atoms with van der Waals surface area (Å²) in [6.45, 7) is 0. The van der Waals surface area contributed by atoms with E-state index >= 15 is 0 Å². The predicted octanol–water partition coefficient (Wildman–Crippen LogP) is 1.06. The van der Waals surface area contributed by atoms with E-state index in [1.807, 2.05) is 0 Å². The van der Waals surface area contributed by atoms with Crippen LogP contribution in [0.15, 0.2) is 0 Å². The first-order valence-electron chi connectivity index (χ1n) is 1.09. The molecule has 5 nitrogen and oxygen atoms in total. The monoisotopic (exact) mass is 431 g/mol. The van der Waals surface area contributed by atoms with Crippen LogP contribution in [-0.4, -0.2) is 6.16 Å². The maximum absolute atomic E-state index is 8.33. The number of hydrogen-bond acceptors (Lipinski definition) is 3. The van der Waals surface area contributed by atoms with Gasteiger partial charge in [-0.1, -0.05) is 0 Å². The van der Waals surface area contributed by atoms with E-state index in [0.717, 1.165) is 0 Å². The van der Waals surface area contributed by atoms with Crippen molar-refractivity contribution in [3.05, 3.63) is 0 Å². The second kappa shape index (κ2) is 11.0. The van der Waals surface area contributed by atoms with E-state index in [4.69, 9.17) is 52.7 Å². The van der Waals surface area contributed by atoms with Gasteiger partial charge in [-0.05, 0) is 6.16 Å². The summed E-state index contributed by atoms with van der Waals surface area (Å²) in [7, 11) is 20.0. The Labute approximate surface area is 82.6 Å². The van der Waals surface area contributed by atoms with Crippen molar-refractivity contribution in [3.8, 4) is 0 Å². The zero-order chi connectivity index (χ0) is 8.08. The molecule has 0 heterocycles. The second-order valence-electron chi connectivity index (χ2n) is 0.521. The maximum Gasteiger partial charge on any atom is -0.369 e. The molecule has 0 aliphatic carbocycles. The van der Waals surface area contributed by atoms with Crippen LogP contribution in [0, 0.1) is 0 Å². The van der Waals surface area contributed by atoms with Crippen molar-refractivity contribution in [1.82, 2.24) is 12.3 Å². The summed E-state index contributed by atoms with van der Waals surface area (Å²) in [5.74, 6) is 0. The quantitative estimate of drug-likeness (QED) is 0.592. The molecule has 8 N–H and O–H groups in total. The molecule has 11 heavy (non-hydrogen) atoms. The van der Waals surface area contributed by atoms with Gasteiger partial charge in [0.25, 0.3) is 0 Å². The van der Waals surface area contributed by atoms with Crippen molar-refractivity contribution in [2.45, 2.75) is 0 Å². The van der Waals surface area contributed by atoms with Crippen LogP contribution in [-0.2, 0) is 11.9 Å². The standard InChI is InChI=1S/CH2O3.4ClH.2H3N.Pt/c2-1(3)4;;;;;;;/h(H2,2,3,4);4*1H;2*1H3;/q;;;;;;;+4/p-4. The molecule has 0 bridgehead atoms. The Hall–Kier alpha value is 1.04. The Kier molecular flexibility index (Phi) is 22.8. The molecule has 0 aromatic rings.